The zero-order valence-corrected chi connectivity index (χ0v) is 15.5. The van der Waals surface area contributed by atoms with Crippen molar-refractivity contribution >= 4 is 48.0 Å². The summed E-state index contributed by atoms with van der Waals surface area (Å²) in [7, 11) is 0. The molecule has 2 N–H and O–H groups in total. The second kappa shape index (κ2) is 8.25. The van der Waals surface area contributed by atoms with Gasteiger partial charge in [-0.05, 0) is 38.5 Å². The number of carbonyl (C=O) groups is 1. The van der Waals surface area contributed by atoms with Gasteiger partial charge in [-0.2, -0.15) is 0 Å². The summed E-state index contributed by atoms with van der Waals surface area (Å²) in [5, 5.41) is 0.743. The average Bonchev–Trinajstić information content (AvgIpc) is 2.40. The lowest BCUT2D eigenvalue weighted by molar-refractivity contribution is -0.136. The highest BCUT2D eigenvalue weighted by Crippen LogP contribution is 2.25. The highest BCUT2D eigenvalue weighted by molar-refractivity contribution is 6.30. The molecule has 0 aromatic heterocycles. The third kappa shape index (κ3) is 4.92. The Labute approximate surface area is 149 Å². The molecule has 0 atom stereocenters. The minimum atomic E-state index is -0.797. The summed E-state index contributed by atoms with van der Waals surface area (Å²) in [6.45, 7) is 8.60. The van der Waals surface area contributed by atoms with Crippen molar-refractivity contribution in [2.75, 3.05) is 31.1 Å². The van der Waals surface area contributed by atoms with Crippen molar-refractivity contribution in [2.24, 2.45) is 5.73 Å². The minimum absolute atomic E-state index is 0. The number of hydrogen-bond donors (Lipinski definition) is 1. The van der Waals surface area contributed by atoms with E-state index in [2.05, 4.69) is 11.8 Å². The van der Waals surface area contributed by atoms with Gasteiger partial charge in [0.1, 0.15) is 0 Å². The van der Waals surface area contributed by atoms with Crippen molar-refractivity contribution in [3.8, 4) is 0 Å². The SMILES string of the molecule is Cc1ccc(Cl)cc1N1CCN(C(=O)C(C)(C)N)CC1.Cl.Cl. The van der Waals surface area contributed by atoms with Crippen LogP contribution in [0.2, 0.25) is 5.02 Å². The van der Waals surface area contributed by atoms with E-state index in [4.69, 9.17) is 17.3 Å². The van der Waals surface area contributed by atoms with Crippen LogP contribution in [0.1, 0.15) is 19.4 Å². The first-order valence-corrected chi connectivity index (χ1v) is 7.26. The van der Waals surface area contributed by atoms with Gasteiger partial charge < -0.3 is 15.5 Å². The van der Waals surface area contributed by atoms with Gasteiger partial charge in [0, 0.05) is 36.9 Å². The summed E-state index contributed by atoms with van der Waals surface area (Å²) in [5.41, 5.74) is 7.43. The first-order valence-electron chi connectivity index (χ1n) is 6.88. The van der Waals surface area contributed by atoms with Gasteiger partial charge in [0.25, 0.3) is 0 Å². The number of piperazine rings is 1. The van der Waals surface area contributed by atoms with Gasteiger partial charge in [-0.25, -0.2) is 0 Å². The van der Waals surface area contributed by atoms with Gasteiger partial charge in [0.05, 0.1) is 5.54 Å². The Morgan fingerprint density at radius 1 is 1.18 bits per heavy atom. The molecule has 0 bridgehead atoms. The Hall–Kier alpha value is -0.680. The highest BCUT2D eigenvalue weighted by Gasteiger charge is 2.30. The normalized spacial score (nSPS) is 15.0. The van der Waals surface area contributed by atoms with Gasteiger partial charge in [0.15, 0.2) is 0 Å². The van der Waals surface area contributed by atoms with E-state index < -0.39 is 5.54 Å². The third-order valence-corrected chi connectivity index (χ3v) is 3.87. The molecule has 0 radical (unpaired) electrons. The number of hydrogen-bond acceptors (Lipinski definition) is 3. The predicted molar refractivity (Wildman–Crippen MR) is 97.7 cm³/mol. The lowest BCUT2D eigenvalue weighted by atomic mass is 10.0. The molecule has 1 fully saturated rings. The van der Waals surface area contributed by atoms with Gasteiger partial charge in [-0.3, -0.25) is 4.79 Å². The number of nitrogens with zero attached hydrogens (tertiary/aromatic N) is 2. The number of benzene rings is 1. The lowest BCUT2D eigenvalue weighted by Crippen LogP contribution is -2.57. The van der Waals surface area contributed by atoms with Crippen LogP contribution in [0.25, 0.3) is 0 Å². The number of halogens is 3. The second-order valence-corrected chi connectivity index (χ2v) is 6.37. The molecule has 0 unspecified atom stereocenters. The molecule has 22 heavy (non-hydrogen) atoms. The van der Waals surface area contributed by atoms with Crippen LogP contribution >= 0.6 is 36.4 Å². The van der Waals surface area contributed by atoms with Gasteiger partial charge >= 0.3 is 0 Å². The van der Waals surface area contributed by atoms with Crippen LogP contribution < -0.4 is 10.6 Å². The highest BCUT2D eigenvalue weighted by atomic mass is 35.5. The second-order valence-electron chi connectivity index (χ2n) is 5.93. The molecule has 7 heteroatoms. The smallest absolute Gasteiger partial charge is 0.242 e. The van der Waals surface area contributed by atoms with E-state index in [1.807, 2.05) is 23.1 Å². The van der Waals surface area contributed by atoms with Crippen LogP contribution in [-0.4, -0.2) is 42.5 Å². The van der Waals surface area contributed by atoms with Crippen LogP contribution in [0.15, 0.2) is 18.2 Å². The molecule has 4 nitrogen and oxygen atoms in total. The number of anilines is 1. The first-order chi connectivity index (χ1) is 9.29. The topological polar surface area (TPSA) is 49.6 Å². The van der Waals surface area contributed by atoms with Crippen LogP contribution in [0.5, 0.6) is 0 Å². The summed E-state index contributed by atoms with van der Waals surface area (Å²) in [4.78, 5) is 16.3. The van der Waals surface area contributed by atoms with E-state index in [-0.39, 0.29) is 30.7 Å². The maximum Gasteiger partial charge on any atom is 0.242 e. The van der Waals surface area contributed by atoms with E-state index in [0.29, 0.717) is 13.1 Å². The fourth-order valence-electron chi connectivity index (χ4n) is 2.48. The van der Waals surface area contributed by atoms with Crippen molar-refractivity contribution in [3.63, 3.8) is 0 Å². The Balaban J connectivity index is 0.00000220. The number of aryl methyl sites for hydroxylation is 1. The van der Waals surface area contributed by atoms with Crippen molar-refractivity contribution in [1.29, 1.82) is 0 Å². The quantitative estimate of drug-likeness (QED) is 0.873. The number of carbonyl (C=O) groups excluding carboxylic acids is 1. The number of rotatable bonds is 2. The van der Waals surface area contributed by atoms with Crippen LogP contribution in [0, 0.1) is 6.92 Å². The summed E-state index contributed by atoms with van der Waals surface area (Å²) in [5.74, 6) is 0.0139. The summed E-state index contributed by atoms with van der Waals surface area (Å²) in [6.07, 6.45) is 0. The number of nitrogens with two attached hydrogens (primary N) is 1. The van der Waals surface area contributed by atoms with Crippen molar-refractivity contribution < 1.29 is 4.79 Å². The van der Waals surface area contributed by atoms with Crippen molar-refractivity contribution in [2.45, 2.75) is 26.3 Å². The van der Waals surface area contributed by atoms with Crippen LogP contribution in [0.3, 0.4) is 0 Å². The maximum absolute atomic E-state index is 12.1. The van der Waals surface area contributed by atoms with Crippen LogP contribution in [-0.2, 0) is 4.79 Å². The average molecular weight is 369 g/mol. The standard InChI is InChI=1S/C15H22ClN3O.2ClH/c1-11-4-5-12(16)10-13(11)18-6-8-19(9-7-18)14(20)15(2,3)17;;/h4-5,10H,6-9,17H2,1-3H3;2*1H. The van der Waals surface area contributed by atoms with Gasteiger partial charge in [-0.15, -0.1) is 24.8 Å². The Bertz CT molecular complexity index is 509. The molecule has 2 rings (SSSR count). The molecule has 1 aliphatic rings. The minimum Gasteiger partial charge on any atom is -0.368 e. The zero-order chi connectivity index (χ0) is 14.9. The molecule has 0 aliphatic carbocycles. The van der Waals surface area contributed by atoms with Crippen molar-refractivity contribution in [1.82, 2.24) is 4.90 Å². The molecule has 1 saturated heterocycles. The Morgan fingerprint density at radius 3 is 2.23 bits per heavy atom. The lowest BCUT2D eigenvalue weighted by Gasteiger charge is -2.39. The maximum atomic E-state index is 12.1. The third-order valence-electron chi connectivity index (χ3n) is 3.63. The molecule has 126 valence electrons. The molecule has 1 aromatic rings. The first kappa shape index (κ1) is 21.3. The van der Waals surface area contributed by atoms with Crippen molar-refractivity contribution in [3.05, 3.63) is 28.8 Å². The van der Waals surface area contributed by atoms with E-state index in [0.717, 1.165) is 23.8 Å². The fraction of sp³-hybridized carbons (Fsp3) is 0.533. The predicted octanol–water partition coefficient (Wildman–Crippen LogP) is 2.88. The van der Waals surface area contributed by atoms with E-state index in [9.17, 15) is 4.79 Å². The molecule has 1 aromatic carbocycles. The molecule has 1 heterocycles. The van der Waals surface area contributed by atoms with Crippen LogP contribution in [0.4, 0.5) is 5.69 Å². The van der Waals surface area contributed by atoms with E-state index in [1.165, 1.54) is 5.56 Å². The molecule has 0 saturated carbocycles. The van der Waals surface area contributed by atoms with E-state index >= 15 is 0 Å². The van der Waals surface area contributed by atoms with Gasteiger partial charge in [-0.1, -0.05) is 17.7 Å². The fourth-order valence-corrected chi connectivity index (χ4v) is 2.65. The number of amides is 1. The Morgan fingerprint density at radius 2 is 1.73 bits per heavy atom. The van der Waals surface area contributed by atoms with E-state index in [1.54, 1.807) is 13.8 Å². The molecule has 1 amide bonds. The Kier molecular flexibility index (Phi) is 8.00. The monoisotopic (exact) mass is 367 g/mol. The summed E-state index contributed by atoms with van der Waals surface area (Å²) >= 11 is 6.07. The summed E-state index contributed by atoms with van der Waals surface area (Å²) < 4.78 is 0. The summed E-state index contributed by atoms with van der Waals surface area (Å²) in [6, 6.07) is 5.91. The largest absolute Gasteiger partial charge is 0.368 e. The molecule has 1 aliphatic heterocycles. The van der Waals surface area contributed by atoms with Gasteiger partial charge in [0.2, 0.25) is 5.91 Å². The molecular formula is C15H24Cl3N3O. The molecule has 0 spiro atoms. The zero-order valence-electron chi connectivity index (χ0n) is 13.1. The molecular weight excluding hydrogens is 345 g/mol.